The molecule has 0 aromatic heterocycles. The summed E-state index contributed by atoms with van der Waals surface area (Å²) in [6.07, 6.45) is 7.16. The van der Waals surface area contributed by atoms with E-state index in [0.29, 0.717) is 18.0 Å². The molecule has 1 aliphatic rings. The van der Waals surface area contributed by atoms with Gasteiger partial charge in [-0.05, 0) is 0 Å². The maximum atomic E-state index is 13.5. The van der Waals surface area contributed by atoms with E-state index in [1.165, 1.54) is 51.8 Å². The zero-order chi connectivity index (χ0) is 20.6. The van der Waals surface area contributed by atoms with Crippen LogP contribution in [0.5, 0.6) is 0 Å². The minimum atomic E-state index is -3.50. The second-order valence-corrected chi connectivity index (χ2v) is 23.7. The van der Waals surface area contributed by atoms with E-state index in [4.69, 9.17) is 4.74 Å². The van der Waals surface area contributed by atoms with Gasteiger partial charge in [-0.25, -0.2) is 0 Å². The van der Waals surface area contributed by atoms with Crippen LogP contribution in [0.2, 0.25) is 13.3 Å². The van der Waals surface area contributed by atoms with E-state index in [0.717, 1.165) is 5.56 Å². The topological polar surface area (TPSA) is 46.6 Å². The first-order valence-corrected chi connectivity index (χ1v) is 20.3. The predicted octanol–water partition coefficient (Wildman–Crippen LogP) is 5.73. The van der Waals surface area contributed by atoms with Crippen LogP contribution in [0.25, 0.3) is 0 Å². The quantitative estimate of drug-likeness (QED) is 0.334. The first-order valence-electron chi connectivity index (χ1n) is 11.1. The van der Waals surface area contributed by atoms with E-state index in [2.05, 4.69) is 20.8 Å². The molecule has 0 radical (unpaired) electrons. The predicted molar refractivity (Wildman–Crippen MR) is 120 cm³/mol. The van der Waals surface area contributed by atoms with Gasteiger partial charge in [-0.3, -0.25) is 0 Å². The van der Waals surface area contributed by atoms with E-state index < -0.39 is 28.4 Å². The Morgan fingerprint density at radius 1 is 0.964 bits per heavy atom. The number of nitrogens with zero attached hydrogens (tertiary/aromatic N) is 1. The second kappa shape index (κ2) is 11.3. The molecule has 0 bridgehead atoms. The molecule has 6 heteroatoms. The van der Waals surface area contributed by atoms with Gasteiger partial charge in [0.05, 0.1) is 0 Å². The Morgan fingerprint density at radius 3 is 1.93 bits per heavy atom. The third kappa shape index (κ3) is 5.73. The van der Waals surface area contributed by atoms with Crippen LogP contribution in [-0.2, 0) is 14.8 Å². The van der Waals surface area contributed by atoms with E-state index in [1.54, 1.807) is 16.4 Å². The third-order valence-corrected chi connectivity index (χ3v) is 24.4. The number of hydrogen-bond acceptors (Lipinski definition) is 3. The maximum absolute atomic E-state index is 13.5. The summed E-state index contributed by atoms with van der Waals surface area (Å²) in [6, 6.07) is 7.28. The van der Waals surface area contributed by atoms with Crippen LogP contribution < -0.4 is 0 Å². The number of ether oxygens (including phenoxy) is 1. The van der Waals surface area contributed by atoms with Crippen LogP contribution in [-0.4, -0.2) is 48.5 Å². The van der Waals surface area contributed by atoms with Crippen molar-refractivity contribution in [2.45, 2.75) is 88.7 Å². The molecule has 4 nitrogen and oxygen atoms in total. The van der Waals surface area contributed by atoms with Crippen molar-refractivity contribution in [2.75, 3.05) is 13.2 Å². The Balaban J connectivity index is 2.40. The molecule has 160 valence electrons. The summed E-state index contributed by atoms with van der Waals surface area (Å²) in [5.74, 6) is 0. The Morgan fingerprint density at radius 2 is 1.46 bits per heavy atom. The van der Waals surface area contributed by atoms with Crippen molar-refractivity contribution in [1.82, 2.24) is 4.31 Å². The fourth-order valence-electron chi connectivity index (χ4n) is 4.36. The SMILES string of the molecule is CCC[CH2][Sn]([CH2]CCC)([CH2]CCC)[CH]1OCCN1S(=O)(=O)c1ccc(C)cc1. The third-order valence-electron chi connectivity index (χ3n) is 6.09. The first-order chi connectivity index (χ1) is 13.4. The normalized spacial score (nSPS) is 18.6. The zero-order valence-corrected chi connectivity index (χ0v) is 21.9. The molecule has 0 aliphatic carbocycles. The van der Waals surface area contributed by atoms with Gasteiger partial charge >= 0.3 is 178 Å². The van der Waals surface area contributed by atoms with Gasteiger partial charge in [0.1, 0.15) is 0 Å². The van der Waals surface area contributed by atoms with Gasteiger partial charge in [0, 0.05) is 0 Å². The van der Waals surface area contributed by atoms with E-state index in [9.17, 15) is 8.42 Å². The van der Waals surface area contributed by atoms with Crippen LogP contribution in [0, 0.1) is 6.92 Å². The summed E-state index contributed by atoms with van der Waals surface area (Å²) in [5.41, 5.74) is 1.08. The van der Waals surface area contributed by atoms with E-state index in [-0.39, 0.29) is 4.24 Å². The average Bonchev–Trinajstić information content (AvgIpc) is 3.19. The summed E-state index contributed by atoms with van der Waals surface area (Å²) in [6.45, 7) is 9.76. The number of benzene rings is 1. The molecule has 1 aromatic rings. The van der Waals surface area contributed by atoms with Gasteiger partial charge < -0.3 is 0 Å². The van der Waals surface area contributed by atoms with Crippen molar-refractivity contribution in [3.8, 4) is 0 Å². The zero-order valence-electron chi connectivity index (χ0n) is 18.2. The molecular formula is C22H39NO3SSn. The standard InChI is InChI=1S/C10H12NO3S.3C4H9.Sn/c1-9-2-4-10(5-3-9)15(12,13)11-6-7-14-8-11;3*1-3-4-2;/h2-5,8H,6-7H2,1H3;3*1,3-4H2,2H3;. The Hall–Kier alpha value is -0.111. The summed E-state index contributed by atoms with van der Waals surface area (Å²) in [7, 11) is -3.50. The molecule has 1 aliphatic heterocycles. The fraction of sp³-hybridized carbons (Fsp3) is 0.727. The number of sulfonamides is 1. The van der Waals surface area contributed by atoms with E-state index >= 15 is 0 Å². The van der Waals surface area contributed by atoms with Crippen molar-refractivity contribution in [2.24, 2.45) is 0 Å². The average molecular weight is 516 g/mol. The monoisotopic (exact) mass is 517 g/mol. The number of unbranched alkanes of at least 4 members (excludes halogenated alkanes) is 3. The molecule has 1 unspecified atom stereocenters. The van der Waals surface area contributed by atoms with Gasteiger partial charge in [0.25, 0.3) is 0 Å². The summed E-state index contributed by atoms with van der Waals surface area (Å²) < 4.78 is 38.7. The molecule has 2 rings (SSSR count). The fourth-order valence-corrected chi connectivity index (χ4v) is 25.2. The van der Waals surface area contributed by atoms with Gasteiger partial charge in [-0.2, -0.15) is 0 Å². The van der Waals surface area contributed by atoms with Crippen LogP contribution in [0.4, 0.5) is 0 Å². The summed E-state index contributed by atoms with van der Waals surface area (Å²) in [4.78, 5) is 0.412. The Bertz CT molecular complexity index is 668. The molecule has 0 spiro atoms. The molecule has 1 aromatic carbocycles. The molecule has 0 saturated carbocycles. The van der Waals surface area contributed by atoms with Crippen LogP contribution in [0.3, 0.4) is 0 Å². The number of hydrogen-bond donors (Lipinski definition) is 0. The second-order valence-electron chi connectivity index (χ2n) is 8.32. The minimum absolute atomic E-state index is 0.134. The molecule has 1 heterocycles. The molecule has 0 N–H and O–H groups in total. The molecule has 28 heavy (non-hydrogen) atoms. The Kier molecular flexibility index (Phi) is 9.77. The summed E-state index contributed by atoms with van der Waals surface area (Å²) in [5, 5.41) is 0. The van der Waals surface area contributed by atoms with Gasteiger partial charge in [-0.15, -0.1) is 0 Å². The van der Waals surface area contributed by atoms with Crippen LogP contribution >= 0.6 is 0 Å². The molecule has 1 atom stereocenters. The Labute approximate surface area is 177 Å². The van der Waals surface area contributed by atoms with Crippen molar-refractivity contribution in [1.29, 1.82) is 0 Å². The molecule has 0 amide bonds. The van der Waals surface area contributed by atoms with Crippen LogP contribution in [0.15, 0.2) is 29.2 Å². The number of rotatable bonds is 12. The number of aryl methyl sites for hydroxylation is 1. The van der Waals surface area contributed by atoms with Crippen molar-refractivity contribution in [3.05, 3.63) is 29.8 Å². The molecule has 1 saturated heterocycles. The van der Waals surface area contributed by atoms with Gasteiger partial charge in [-0.1, -0.05) is 0 Å². The van der Waals surface area contributed by atoms with Crippen molar-refractivity contribution < 1.29 is 13.2 Å². The molecule has 1 fully saturated rings. The summed E-state index contributed by atoms with van der Waals surface area (Å²) >= 11 is -2.85. The van der Waals surface area contributed by atoms with Crippen molar-refractivity contribution >= 4 is 28.4 Å². The molecular weight excluding hydrogens is 477 g/mol. The first kappa shape index (κ1) is 24.2. The van der Waals surface area contributed by atoms with Crippen LogP contribution in [0.1, 0.15) is 64.9 Å². The van der Waals surface area contributed by atoms with Gasteiger partial charge in [0.15, 0.2) is 0 Å². The van der Waals surface area contributed by atoms with Gasteiger partial charge in [0.2, 0.25) is 0 Å². The van der Waals surface area contributed by atoms with Crippen molar-refractivity contribution in [3.63, 3.8) is 0 Å². The van der Waals surface area contributed by atoms with E-state index in [1.807, 2.05) is 19.1 Å².